The molecule has 0 aromatic carbocycles. The third-order valence-electron chi connectivity index (χ3n) is 2.61. The van der Waals surface area contributed by atoms with E-state index in [0.717, 1.165) is 12.8 Å². The fraction of sp³-hybridized carbons (Fsp3) is 1.00. The lowest BCUT2D eigenvalue weighted by Gasteiger charge is -2.34. The van der Waals surface area contributed by atoms with E-state index < -0.39 is 0 Å². The highest BCUT2D eigenvalue weighted by atomic mass is 16.6. The molecule has 10 heavy (non-hydrogen) atoms. The molecule has 1 aliphatic heterocycles. The van der Waals surface area contributed by atoms with E-state index in [0.29, 0.717) is 6.10 Å². The first-order chi connectivity index (χ1) is 4.81. The van der Waals surface area contributed by atoms with Gasteiger partial charge in [0.2, 0.25) is 0 Å². The van der Waals surface area contributed by atoms with Gasteiger partial charge in [0, 0.05) is 0 Å². The van der Waals surface area contributed by atoms with Gasteiger partial charge in [-0.05, 0) is 19.8 Å². The van der Waals surface area contributed by atoms with Gasteiger partial charge in [-0.15, -0.1) is 0 Å². The Morgan fingerprint density at radius 2 is 2.40 bits per heavy atom. The summed E-state index contributed by atoms with van der Waals surface area (Å²) in [6.07, 6.45) is 5.21. The molecule has 1 heterocycles. The zero-order chi connectivity index (χ0) is 7.03. The van der Waals surface area contributed by atoms with Gasteiger partial charge in [0.05, 0.1) is 11.7 Å². The molecule has 2 atom stereocenters. The molecule has 1 unspecified atom stereocenters. The number of rotatable bonds is 0. The first kappa shape index (κ1) is 6.68. The van der Waals surface area contributed by atoms with Crippen LogP contribution >= 0.6 is 0 Å². The summed E-state index contributed by atoms with van der Waals surface area (Å²) in [6.45, 7) is 2.14. The lowest BCUT2D eigenvalue weighted by atomic mass is 9.84. The number of fused-ring (bicyclic) bond motifs is 1. The number of hydrogen-bond donors (Lipinski definition) is 0. The third kappa shape index (κ3) is 0.885. The van der Waals surface area contributed by atoms with Gasteiger partial charge in [-0.2, -0.15) is 0 Å². The average molecular weight is 139 g/mol. The minimum atomic E-state index is 0.0122. The van der Waals surface area contributed by atoms with Gasteiger partial charge in [0.15, 0.2) is 0 Å². The van der Waals surface area contributed by atoms with Crippen molar-refractivity contribution in [3.63, 3.8) is 0 Å². The molecule has 0 aromatic rings. The maximum absolute atomic E-state index is 5.40. The third-order valence-corrected chi connectivity index (χ3v) is 2.61. The van der Waals surface area contributed by atoms with Crippen molar-refractivity contribution in [2.24, 2.45) is 0 Å². The van der Waals surface area contributed by atoms with Crippen molar-refractivity contribution < 1.29 is 9.31 Å². The van der Waals surface area contributed by atoms with Crippen LogP contribution in [0.15, 0.2) is 0 Å². The van der Waals surface area contributed by atoms with Crippen LogP contribution in [0, 0.1) is 0 Å². The Morgan fingerprint density at radius 3 is 3.20 bits per heavy atom. The SMILES string of the molecule is C[C@]12CCCCC1O[B]O2. The van der Waals surface area contributed by atoms with Gasteiger partial charge in [0.1, 0.15) is 0 Å². The molecule has 2 nitrogen and oxygen atoms in total. The second-order valence-corrected chi connectivity index (χ2v) is 3.40. The van der Waals surface area contributed by atoms with E-state index in [1.54, 1.807) is 0 Å². The fourth-order valence-corrected chi connectivity index (χ4v) is 1.82. The Bertz CT molecular complexity index is 140. The standard InChI is InChI=1S/C7H12BO2/c1-7-5-3-2-4-6(7)9-8-10-7/h6H,2-5H2,1H3/t6?,7-/m0/s1. The van der Waals surface area contributed by atoms with Crippen LogP contribution < -0.4 is 0 Å². The molecular formula is C7H12BO2. The minimum absolute atomic E-state index is 0.0122. The van der Waals surface area contributed by atoms with Crippen LogP contribution in [0.2, 0.25) is 0 Å². The van der Waals surface area contributed by atoms with E-state index in [9.17, 15) is 0 Å². The quantitative estimate of drug-likeness (QED) is 0.470. The van der Waals surface area contributed by atoms with Gasteiger partial charge in [-0.1, -0.05) is 12.8 Å². The van der Waals surface area contributed by atoms with Crippen LogP contribution in [0.1, 0.15) is 32.6 Å². The summed E-state index contributed by atoms with van der Waals surface area (Å²) in [6, 6.07) is 0. The lowest BCUT2D eigenvalue weighted by Crippen LogP contribution is -2.39. The van der Waals surface area contributed by atoms with Crippen molar-refractivity contribution in [1.29, 1.82) is 0 Å². The molecule has 1 aliphatic carbocycles. The van der Waals surface area contributed by atoms with Crippen LogP contribution in [0.5, 0.6) is 0 Å². The highest BCUT2D eigenvalue weighted by molar-refractivity contribution is 6.19. The van der Waals surface area contributed by atoms with Gasteiger partial charge < -0.3 is 9.31 Å². The molecule has 55 valence electrons. The van der Waals surface area contributed by atoms with Crippen LogP contribution in [0.3, 0.4) is 0 Å². The Balaban J connectivity index is 2.10. The molecule has 2 rings (SSSR count). The van der Waals surface area contributed by atoms with Crippen LogP contribution in [-0.4, -0.2) is 19.4 Å². The van der Waals surface area contributed by atoms with Gasteiger partial charge in [0.25, 0.3) is 0 Å². The molecule has 1 saturated heterocycles. The van der Waals surface area contributed by atoms with Crippen molar-refractivity contribution in [3.05, 3.63) is 0 Å². The van der Waals surface area contributed by atoms with Crippen LogP contribution in [-0.2, 0) is 9.31 Å². The molecule has 2 fully saturated rings. The van der Waals surface area contributed by atoms with Crippen LogP contribution in [0.4, 0.5) is 0 Å². The molecule has 0 amide bonds. The maximum atomic E-state index is 5.40. The zero-order valence-electron chi connectivity index (χ0n) is 6.30. The molecule has 1 radical (unpaired) electrons. The number of hydrogen-bond acceptors (Lipinski definition) is 2. The summed E-state index contributed by atoms with van der Waals surface area (Å²) in [7, 11) is 1.51. The van der Waals surface area contributed by atoms with Crippen molar-refractivity contribution in [2.75, 3.05) is 0 Å². The normalized spacial score (nSPS) is 46.3. The predicted octanol–water partition coefficient (Wildman–Crippen LogP) is 1.27. The summed E-state index contributed by atoms with van der Waals surface area (Å²) in [5.74, 6) is 0. The van der Waals surface area contributed by atoms with Crippen molar-refractivity contribution in [3.8, 4) is 0 Å². The molecule has 0 aromatic heterocycles. The van der Waals surface area contributed by atoms with Crippen LogP contribution in [0.25, 0.3) is 0 Å². The summed E-state index contributed by atoms with van der Waals surface area (Å²) < 4.78 is 10.7. The predicted molar refractivity (Wildman–Crippen MR) is 38.6 cm³/mol. The molecule has 1 saturated carbocycles. The van der Waals surface area contributed by atoms with Gasteiger partial charge >= 0.3 is 7.69 Å². The molecular weight excluding hydrogens is 127 g/mol. The molecule has 0 spiro atoms. The smallest absolute Gasteiger partial charge is 0.407 e. The molecule has 2 aliphatic rings. The topological polar surface area (TPSA) is 18.5 Å². The van der Waals surface area contributed by atoms with E-state index in [1.807, 2.05) is 0 Å². The maximum Gasteiger partial charge on any atom is 0.488 e. The fourth-order valence-electron chi connectivity index (χ4n) is 1.82. The Hall–Kier alpha value is -0.0151. The van der Waals surface area contributed by atoms with E-state index in [-0.39, 0.29) is 5.60 Å². The highest BCUT2D eigenvalue weighted by Gasteiger charge is 2.43. The summed E-state index contributed by atoms with van der Waals surface area (Å²) in [5, 5.41) is 0. The summed E-state index contributed by atoms with van der Waals surface area (Å²) in [4.78, 5) is 0. The van der Waals surface area contributed by atoms with Gasteiger partial charge in [-0.25, -0.2) is 0 Å². The molecule has 0 N–H and O–H groups in total. The Labute approximate surface area is 62.2 Å². The highest BCUT2D eigenvalue weighted by Crippen LogP contribution is 2.36. The largest absolute Gasteiger partial charge is 0.488 e. The lowest BCUT2D eigenvalue weighted by molar-refractivity contribution is 0.0184. The van der Waals surface area contributed by atoms with Crippen molar-refractivity contribution in [2.45, 2.75) is 44.3 Å². The second kappa shape index (κ2) is 2.24. The minimum Gasteiger partial charge on any atom is -0.407 e. The van der Waals surface area contributed by atoms with Crippen molar-refractivity contribution >= 4 is 7.69 Å². The Kier molecular flexibility index (Phi) is 1.50. The second-order valence-electron chi connectivity index (χ2n) is 3.40. The van der Waals surface area contributed by atoms with E-state index >= 15 is 0 Å². The summed E-state index contributed by atoms with van der Waals surface area (Å²) >= 11 is 0. The Morgan fingerprint density at radius 1 is 1.50 bits per heavy atom. The zero-order valence-corrected chi connectivity index (χ0v) is 6.30. The summed E-state index contributed by atoms with van der Waals surface area (Å²) in [5.41, 5.74) is 0.0122. The van der Waals surface area contributed by atoms with E-state index in [2.05, 4.69) is 6.92 Å². The first-order valence-corrected chi connectivity index (χ1v) is 3.96. The van der Waals surface area contributed by atoms with Crippen molar-refractivity contribution in [1.82, 2.24) is 0 Å². The first-order valence-electron chi connectivity index (χ1n) is 3.96. The molecule has 3 heteroatoms. The van der Waals surface area contributed by atoms with E-state index in [1.165, 1.54) is 20.5 Å². The molecule has 0 bridgehead atoms. The average Bonchev–Trinajstić information content (AvgIpc) is 2.29. The van der Waals surface area contributed by atoms with E-state index in [4.69, 9.17) is 9.31 Å². The monoisotopic (exact) mass is 139 g/mol. The van der Waals surface area contributed by atoms with Gasteiger partial charge in [-0.3, -0.25) is 0 Å².